The summed E-state index contributed by atoms with van der Waals surface area (Å²) in [6, 6.07) is 4.03. The largest absolute Gasteiger partial charge is 0.496 e. The van der Waals surface area contributed by atoms with Crippen LogP contribution in [0.1, 0.15) is 48.8 Å². The van der Waals surface area contributed by atoms with E-state index in [4.69, 9.17) is 4.74 Å². The zero-order valence-electron chi connectivity index (χ0n) is 12.0. The van der Waals surface area contributed by atoms with E-state index in [1.165, 1.54) is 0 Å². The first-order valence-electron chi connectivity index (χ1n) is 6.90. The molecule has 19 heavy (non-hydrogen) atoms. The Morgan fingerprint density at radius 1 is 1.21 bits per heavy atom. The summed E-state index contributed by atoms with van der Waals surface area (Å²) in [6.45, 7) is 3.99. The fourth-order valence-electron chi connectivity index (χ4n) is 3.33. The van der Waals surface area contributed by atoms with Gasteiger partial charge in [0, 0.05) is 5.56 Å². The number of rotatable bonds is 3. The van der Waals surface area contributed by atoms with Gasteiger partial charge in [0.2, 0.25) is 0 Å². The van der Waals surface area contributed by atoms with Crippen molar-refractivity contribution in [2.24, 2.45) is 0 Å². The quantitative estimate of drug-likeness (QED) is 0.905. The lowest BCUT2D eigenvalue weighted by Gasteiger charge is -2.35. The highest BCUT2D eigenvalue weighted by atomic mass is 16.5. The maximum absolute atomic E-state index is 11.9. The Morgan fingerprint density at radius 2 is 1.84 bits per heavy atom. The summed E-state index contributed by atoms with van der Waals surface area (Å²) >= 11 is 0. The molecule has 0 saturated heterocycles. The molecular weight excluding hydrogens is 240 g/mol. The van der Waals surface area contributed by atoms with Crippen molar-refractivity contribution in [3.8, 4) is 5.75 Å². The molecular formula is C16H22O3. The molecule has 1 saturated carbocycles. The van der Waals surface area contributed by atoms with Gasteiger partial charge in [0.05, 0.1) is 12.5 Å². The van der Waals surface area contributed by atoms with Gasteiger partial charge in [-0.2, -0.15) is 0 Å². The van der Waals surface area contributed by atoms with Crippen LogP contribution in [0, 0.1) is 13.8 Å². The number of carboxylic acids is 1. The summed E-state index contributed by atoms with van der Waals surface area (Å²) in [5.41, 5.74) is 2.21. The highest BCUT2D eigenvalue weighted by Crippen LogP contribution is 2.45. The van der Waals surface area contributed by atoms with Crippen LogP contribution in [0.15, 0.2) is 12.1 Å². The molecule has 3 nitrogen and oxygen atoms in total. The lowest BCUT2D eigenvalue weighted by molar-refractivity contribution is -0.145. The molecule has 1 aromatic rings. The number of hydrogen-bond donors (Lipinski definition) is 1. The van der Waals surface area contributed by atoms with Gasteiger partial charge in [0.15, 0.2) is 0 Å². The van der Waals surface area contributed by atoms with E-state index in [0.717, 1.165) is 41.7 Å². The average molecular weight is 262 g/mol. The van der Waals surface area contributed by atoms with Crippen molar-refractivity contribution in [1.29, 1.82) is 0 Å². The Hall–Kier alpha value is -1.51. The summed E-state index contributed by atoms with van der Waals surface area (Å²) < 4.78 is 5.50. The van der Waals surface area contributed by atoms with Crippen molar-refractivity contribution in [2.45, 2.75) is 51.4 Å². The van der Waals surface area contributed by atoms with E-state index < -0.39 is 11.4 Å². The predicted molar refractivity (Wildman–Crippen MR) is 74.9 cm³/mol. The molecule has 0 unspecified atom stereocenters. The molecule has 1 aliphatic rings. The number of aryl methyl sites for hydroxylation is 2. The summed E-state index contributed by atoms with van der Waals surface area (Å²) in [5, 5.41) is 9.79. The highest BCUT2D eigenvalue weighted by Gasteiger charge is 2.43. The van der Waals surface area contributed by atoms with Crippen molar-refractivity contribution < 1.29 is 14.6 Å². The van der Waals surface area contributed by atoms with Gasteiger partial charge in [-0.05, 0) is 32.3 Å². The second-order valence-corrected chi connectivity index (χ2v) is 5.61. The summed E-state index contributed by atoms with van der Waals surface area (Å²) in [5.74, 6) is 0.0328. The minimum absolute atomic E-state index is 0.710. The monoisotopic (exact) mass is 262 g/mol. The van der Waals surface area contributed by atoms with Crippen LogP contribution in [0.5, 0.6) is 5.75 Å². The molecule has 0 aromatic heterocycles. The fourth-order valence-corrected chi connectivity index (χ4v) is 3.33. The number of ether oxygens (including phenoxy) is 1. The molecule has 1 N–H and O–H groups in total. The first-order valence-corrected chi connectivity index (χ1v) is 6.90. The Kier molecular flexibility index (Phi) is 3.83. The molecule has 0 bridgehead atoms. The van der Waals surface area contributed by atoms with Crippen molar-refractivity contribution in [3.63, 3.8) is 0 Å². The third-order valence-electron chi connectivity index (χ3n) is 4.26. The number of carbonyl (C=O) groups is 1. The summed E-state index contributed by atoms with van der Waals surface area (Å²) in [7, 11) is 1.62. The van der Waals surface area contributed by atoms with Crippen LogP contribution < -0.4 is 4.74 Å². The number of aliphatic carboxylic acids is 1. The van der Waals surface area contributed by atoms with E-state index in [0.29, 0.717) is 12.8 Å². The maximum Gasteiger partial charge on any atom is 0.314 e. The Bertz CT molecular complexity index is 485. The molecule has 1 aromatic carbocycles. The minimum Gasteiger partial charge on any atom is -0.496 e. The van der Waals surface area contributed by atoms with Crippen LogP contribution in [0.2, 0.25) is 0 Å². The van der Waals surface area contributed by atoms with Crippen LogP contribution in [-0.4, -0.2) is 18.2 Å². The van der Waals surface area contributed by atoms with Crippen LogP contribution in [0.3, 0.4) is 0 Å². The van der Waals surface area contributed by atoms with Crippen LogP contribution in [-0.2, 0) is 10.2 Å². The molecule has 0 radical (unpaired) electrons. The zero-order valence-corrected chi connectivity index (χ0v) is 12.0. The number of methoxy groups -OCH3 is 1. The van der Waals surface area contributed by atoms with E-state index in [1.54, 1.807) is 7.11 Å². The molecule has 0 aliphatic heterocycles. The SMILES string of the molecule is COc1c(C)cc(C)cc1C1(C(=O)O)CCCCC1. The normalized spacial score (nSPS) is 18.1. The fraction of sp³-hybridized carbons (Fsp3) is 0.562. The van der Waals surface area contributed by atoms with Gasteiger partial charge < -0.3 is 9.84 Å². The van der Waals surface area contributed by atoms with Gasteiger partial charge in [0.25, 0.3) is 0 Å². The zero-order chi connectivity index (χ0) is 14.0. The van der Waals surface area contributed by atoms with E-state index in [2.05, 4.69) is 0 Å². The molecule has 104 valence electrons. The second kappa shape index (κ2) is 5.24. The molecule has 1 fully saturated rings. The Labute approximate surface area is 114 Å². The summed E-state index contributed by atoms with van der Waals surface area (Å²) in [4.78, 5) is 11.9. The van der Waals surface area contributed by atoms with E-state index in [-0.39, 0.29) is 0 Å². The van der Waals surface area contributed by atoms with Crippen molar-refractivity contribution in [3.05, 3.63) is 28.8 Å². The van der Waals surface area contributed by atoms with Crippen molar-refractivity contribution >= 4 is 5.97 Å². The van der Waals surface area contributed by atoms with Gasteiger partial charge in [-0.3, -0.25) is 4.79 Å². The van der Waals surface area contributed by atoms with Gasteiger partial charge in [-0.1, -0.05) is 37.0 Å². The Morgan fingerprint density at radius 3 is 2.37 bits per heavy atom. The van der Waals surface area contributed by atoms with Gasteiger partial charge in [-0.25, -0.2) is 0 Å². The molecule has 0 atom stereocenters. The van der Waals surface area contributed by atoms with Gasteiger partial charge in [0.1, 0.15) is 5.75 Å². The van der Waals surface area contributed by atoms with Crippen molar-refractivity contribution in [1.82, 2.24) is 0 Å². The van der Waals surface area contributed by atoms with Crippen LogP contribution >= 0.6 is 0 Å². The van der Waals surface area contributed by atoms with E-state index >= 15 is 0 Å². The predicted octanol–water partition coefficient (Wildman–Crippen LogP) is 3.60. The van der Waals surface area contributed by atoms with E-state index in [9.17, 15) is 9.90 Å². The first kappa shape index (κ1) is 13.9. The molecule has 3 heteroatoms. The third kappa shape index (κ3) is 2.34. The first-order chi connectivity index (χ1) is 9.01. The third-order valence-corrected chi connectivity index (χ3v) is 4.26. The molecule has 0 amide bonds. The molecule has 0 heterocycles. The van der Waals surface area contributed by atoms with Gasteiger partial charge >= 0.3 is 5.97 Å². The lowest BCUT2D eigenvalue weighted by atomic mass is 9.68. The smallest absolute Gasteiger partial charge is 0.314 e. The van der Waals surface area contributed by atoms with E-state index in [1.807, 2.05) is 26.0 Å². The van der Waals surface area contributed by atoms with Crippen LogP contribution in [0.4, 0.5) is 0 Å². The Balaban J connectivity index is 2.62. The lowest BCUT2D eigenvalue weighted by Crippen LogP contribution is -2.38. The maximum atomic E-state index is 11.9. The number of hydrogen-bond acceptors (Lipinski definition) is 2. The highest BCUT2D eigenvalue weighted by molar-refractivity contribution is 5.83. The summed E-state index contributed by atoms with van der Waals surface area (Å²) in [6.07, 6.45) is 4.50. The standard InChI is InChI=1S/C16H22O3/c1-11-9-12(2)14(19-3)13(10-11)16(15(17)18)7-5-4-6-8-16/h9-10H,4-8H2,1-3H3,(H,17,18). The molecule has 2 rings (SSSR count). The number of benzene rings is 1. The topological polar surface area (TPSA) is 46.5 Å². The van der Waals surface area contributed by atoms with Gasteiger partial charge in [-0.15, -0.1) is 0 Å². The molecule has 0 spiro atoms. The van der Waals surface area contributed by atoms with Crippen LogP contribution in [0.25, 0.3) is 0 Å². The van der Waals surface area contributed by atoms with Crippen molar-refractivity contribution in [2.75, 3.05) is 7.11 Å². The average Bonchev–Trinajstić information content (AvgIpc) is 2.38. The minimum atomic E-state index is -0.764. The molecule has 1 aliphatic carbocycles. The number of carboxylic acid groups (broad SMARTS) is 1. The second-order valence-electron chi connectivity index (χ2n) is 5.61.